The number of thiophene rings is 1. The van der Waals surface area contributed by atoms with Crippen molar-refractivity contribution in [3.8, 4) is 11.6 Å². The van der Waals surface area contributed by atoms with Crippen LogP contribution in [0.4, 0.5) is 0 Å². The summed E-state index contributed by atoms with van der Waals surface area (Å²) in [5, 5.41) is 3.51. The van der Waals surface area contributed by atoms with Crippen molar-refractivity contribution in [2.75, 3.05) is 0 Å². The molecule has 0 aliphatic heterocycles. The molecule has 1 aromatic carbocycles. The smallest absolute Gasteiger partial charge is 0.231 e. The first-order valence-electron chi connectivity index (χ1n) is 4.94. The van der Waals surface area contributed by atoms with E-state index < -0.39 is 0 Å². The average Bonchev–Trinajstić information content (AvgIpc) is 2.78. The summed E-state index contributed by atoms with van der Waals surface area (Å²) in [7, 11) is 0. The maximum absolute atomic E-state index is 5.90. The monoisotopic (exact) mass is 262 g/mol. The van der Waals surface area contributed by atoms with E-state index >= 15 is 0 Å². The summed E-state index contributed by atoms with van der Waals surface area (Å²) >= 11 is 7.46. The first-order valence-corrected chi connectivity index (χ1v) is 6.20. The van der Waals surface area contributed by atoms with Crippen molar-refractivity contribution >= 4 is 33.2 Å². The van der Waals surface area contributed by atoms with E-state index in [-0.39, 0.29) is 0 Å². The number of fused-ring (bicyclic) bond motifs is 1. The average molecular weight is 263 g/mol. The van der Waals surface area contributed by atoms with Gasteiger partial charge in [-0.15, -0.1) is 11.3 Å². The van der Waals surface area contributed by atoms with Crippen LogP contribution < -0.4 is 4.74 Å². The lowest BCUT2D eigenvalue weighted by atomic mass is 10.3. The van der Waals surface area contributed by atoms with Crippen molar-refractivity contribution < 1.29 is 4.74 Å². The molecule has 0 aliphatic rings. The van der Waals surface area contributed by atoms with E-state index in [0.29, 0.717) is 16.7 Å². The third kappa shape index (κ3) is 2.09. The van der Waals surface area contributed by atoms with Gasteiger partial charge in [0.2, 0.25) is 5.88 Å². The van der Waals surface area contributed by atoms with E-state index in [2.05, 4.69) is 9.97 Å². The van der Waals surface area contributed by atoms with E-state index in [4.69, 9.17) is 16.3 Å². The number of nitrogens with zero attached hydrogens (tertiary/aromatic N) is 2. The zero-order chi connectivity index (χ0) is 11.7. The lowest BCUT2D eigenvalue weighted by molar-refractivity contribution is 0.468. The summed E-state index contributed by atoms with van der Waals surface area (Å²) in [6, 6.07) is 9.17. The minimum absolute atomic E-state index is 0.554. The zero-order valence-corrected chi connectivity index (χ0v) is 10.2. The van der Waals surface area contributed by atoms with E-state index in [0.717, 1.165) is 10.2 Å². The molecular formula is C12H7ClN2OS. The Morgan fingerprint density at radius 1 is 1.18 bits per heavy atom. The molecule has 0 atom stereocenters. The summed E-state index contributed by atoms with van der Waals surface area (Å²) in [5.74, 6) is 1.22. The van der Waals surface area contributed by atoms with Crippen molar-refractivity contribution in [1.82, 2.24) is 9.97 Å². The van der Waals surface area contributed by atoms with Crippen LogP contribution in [0.5, 0.6) is 11.6 Å². The number of ether oxygens (including phenoxy) is 1. The molecule has 84 valence electrons. The van der Waals surface area contributed by atoms with Gasteiger partial charge < -0.3 is 4.74 Å². The second-order valence-corrected chi connectivity index (χ2v) is 4.71. The Morgan fingerprint density at radius 3 is 3.00 bits per heavy atom. The number of rotatable bonds is 2. The van der Waals surface area contributed by atoms with Crippen molar-refractivity contribution in [2.45, 2.75) is 0 Å². The molecule has 0 N–H and O–H groups in total. The summed E-state index contributed by atoms with van der Waals surface area (Å²) in [6.07, 6.45) is 1.50. The minimum Gasteiger partial charge on any atom is -0.438 e. The van der Waals surface area contributed by atoms with E-state index in [1.54, 1.807) is 23.5 Å². The fourth-order valence-corrected chi connectivity index (χ4v) is 2.39. The highest BCUT2D eigenvalue weighted by Gasteiger charge is 2.06. The third-order valence-corrected chi connectivity index (χ3v) is 3.29. The summed E-state index contributed by atoms with van der Waals surface area (Å²) < 4.78 is 5.70. The van der Waals surface area contributed by atoms with Crippen molar-refractivity contribution in [1.29, 1.82) is 0 Å². The molecular weight excluding hydrogens is 256 g/mol. The Hall–Kier alpha value is -1.65. The molecule has 17 heavy (non-hydrogen) atoms. The normalized spacial score (nSPS) is 10.6. The Labute approximate surface area is 107 Å². The predicted octanol–water partition coefficient (Wildman–Crippen LogP) is 4.14. The van der Waals surface area contributed by atoms with Crippen LogP contribution in [0.15, 0.2) is 42.0 Å². The molecule has 0 unspecified atom stereocenters. The fraction of sp³-hybridized carbons (Fsp3) is 0. The second kappa shape index (κ2) is 4.31. The Bertz CT molecular complexity index is 668. The Balaban J connectivity index is 2.02. The highest BCUT2D eigenvalue weighted by molar-refractivity contribution is 7.16. The molecule has 2 heterocycles. The molecule has 3 aromatic rings. The maximum Gasteiger partial charge on any atom is 0.231 e. The van der Waals surface area contributed by atoms with Gasteiger partial charge in [-0.2, -0.15) is 0 Å². The highest BCUT2D eigenvalue weighted by atomic mass is 35.5. The van der Waals surface area contributed by atoms with Crippen LogP contribution in [0.3, 0.4) is 0 Å². The predicted molar refractivity (Wildman–Crippen MR) is 68.9 cm³/mol. The van der Waals surface area contributed by atoms with Crippen LogP contribution in [0.1, 0.15) is 0 Å². The topological polar surface area (TPSA) is 35.0 Å². The molecule has 3 nitrogen and oxygen atoms in total. The maximum atomic E-state index is 5.90. The van der Waals surface area contributed by atoms with Gasteiger partial charge in [0.1, 0.15) is 16.9 Å². The number of aromatic nitrogens is 2. The molecule has 0 spiro atoms. The van der Waals surface area contributed by atoms with Gasteiger partial charge in [-0.3, -0.25) is 0 Å². The standard InChI is InChI=1S/C12H7ClN2OS/c13-8-2-1-3-9(6-8)16-11-10-4-5-17-12(10)15-7-14-11/h1-7H. The molecule has 5 heteroatoms. The van der Waals surface area contributed by atoms with E-state index in [9.17, 15) is 0 Å². The van der Waals surface area contributed by atoms with Crippen LogP contribution in [0.2, 0.25) is 5.02 Å². The van der Waals surface area contributed by atoms with Gasteiger partial charge in [0.15, 0.2) is 0 Å². The summed E-state index contributed by atoms with van der Waals surface area (Å²) in [5.41, 5.74) is 0. The zero-order valence-electron chi connectivity index (χ0n) is 8.63. The molecule has 0 saturated heterocycles. The molecule has 0 bridgehead atoms. The first-order chi connectivity index (χ1) is 8.33. The lowest BCUT2D eigenvalue weighted by Gasteiger charge is -2.05. The van der Waals surface area contributed by atoms with Crippen molar-refractivity contribution in [3.05, 3.63) is 47.1 Å². The SMILES string of the molecule is Clc1cccc(Oc2ncnc3sccc23)c1. The molecule has 3 rings (SSSR count). The van der Waals surface area contributed by atoms with Gasteiger partial charge in [0, 0.05) is 5.02 Å². The van der Waals surface area contributed by atoms with Crippen molar-refractivity contribution in [3.63, 3.8) is 0 Å². The largest absolute Gasteiger partial charge is 0.438 e. The number of hydrogen-bond donors (Lipinski definition) is 0. The van der Waals surface area contributed by atoms with Crippen LogP contribution in [-0.4, -0.2) is 9.97 Å². The van der Waals surface area contributed by atoms with Crippen LogP contribution in [0.25, 0.3) is 10.2 Å². The van der Waals surface area contributed by atoms with Gasteiger partial charge in [0.25, 0.3) is 0 Å². The summed E-state index contributed by atoms with van der Waals surface area (Å²) in [6.45, 7) is 0. The van der Waals surface area contributed by atoms with Gasteiger partial charge in [-0.05, 0) is 29.6 Å². The van der Waals surface area contributed by atoms with E-state index in [1.807, 2.05) is 23.6 Å². The number of benzene rings is 1. The van der Waals surface area contributed by atoms with Crippen molar-refractivity contribution in [2.24, 2.45) is 0 Å². The number of halogens is 1. The van der Waals surface area contributed by atoms with E-state index in [1.165, 1.54) is 6.33 Å². The van der Waals surface area contributed by atoms with Crippen LogP contribution in [0, 0.1) is 0 Å². The van der Waals surface area contributed by atoms with Gasteiger partial charge in [-0.1, -0.05) is 17.7 Å². The quantitative estimate of drug-likeness (QED) is 0.696. The molecule has 0 saturated carbocycles. The van der Waals surface area contributed by atoms with Crippen LogP contribution >= 0.6 is 22.9 Å². The summed E-state index contributed by atoms with van der Waals surface area (Å²) in [4.78, 5) is 9.21. The highest BCUT2D eigenvalue weighted by Crippen LogP contribution is 2.30. The molecule has 0 aliphatic carbocycles. The van der Waals surface area contributed by atoms with Gasteiger partial charge in [0.05, 0.1) is 5.39 Å². The molecule has 0 radical (unpaired) electrons. The molecule has 0 amide bonds. The van der Waals surface area contributed by atoms with Crippen LogP contribution in [-0.2, 0) is 0 Å². The fourth-order valence-electron chi connectivity index (χ4n) is 1.49. The number of hydrogen-bond acceptors (Lipinski definition) is 4. The minimum atomic E-state index is 0.554. The third-order valence-electron chi connectivity index (χ3n) is 2.24. The molecule has 0 fully saturated rings. The Morgan fingerprint density at radius 2 is 2.12 bits per heavy atom. The first kappa shape index (κ1) is 10.5. The lowest BCUT2D eigenvalue weighted by Crippen LogP contribution is -1.89. The second-order valence-electron chi connectivity index (χ2n) is 3.38. The Kier molecular flexibility index (Phi) is 2.66. The van der Waals surface area contributed by atoms with Gasteiger partial charge >= 0.3 is 0 Å². The van der Waals surface area contributed by atoms with Gasteiger partial charge in [-0.25, -0.2) is 9.97 Å². The molecule has 2 aromatic heterocycles.